The SMILES string of the molecule is CCCCC(Nc1ccccn1)C(=O)O. The predicted octanol–water partition coefficient (Wildman–Crippen LogP) is 2.14. The number of hydrogen-bond donors (Lipinski definition) is 2. The molecule has 0 aromatic carbocycles. The molecular weight excluding hydrogens is 192 g/mol. The fourth-order valence-corrected chi connectivity index (χ4v) is 1.29. The van der Waals surface area contributed by atoms with Gasteiger partial charge in [0.15, 0.2) is 0 Å². The lowest BCUT2D eigenvalue weighted by Gasteiger charge is -2.14. The average molecular weight is 208 g/mol. The van der Waals surface area contributed by atoms with Crippen LogP contribution < -0.4 is 5.32 Å². The summed E-state index contributed by atoms with van der Waals surface area (Å²) < 4.78 is 0. The molecule has 1 heterocycles. The largest absolute Gasteiger partial charge is 0.480 e. The van der Waals surface area contributed by atoms with Crippen molar-refractivity contribution in [1.82, 2.24) is 4.98 Å². The Labute approximate surface area is 89.3 Å². The number of pyridine rings is 1. The average Bonchev–Trinajstić information content (AvgIpc) is 2.25. The molecule has 1 unspecified atom stereocenters. The van der Waals surface area contributed by atoms with Crippen molar-refractivity contribution in [2.75, 3.05) is 5.32 Å². The van der Waals surface area contributed by atoms with E-state index in [1.165, 1.54) is 0 Å². The third-order valence-electron chi connectivity index (χ3n) is 2.13. The molecule has 0 radical (unpaired) electrons. The Morgan fingerprint density at radius 2 is 2.40 bits per heavy atom. The first kappa shape index (κ1) is 11.5. The van der Waals surface area contributed by atoms with E-state index in [1.54, 1.807) is 18.3 Å². The van der Waals surface area contributed by atoms with Crippen LogP contribution in [0.1, 0.15) is 26.2 Å². The van der Waals surface area contributed by atoms with Gasteiger partial charge in [-0.2, -0.15) is 0 Å². The van der Waals surface area contributed by atoms with Crippen molar-refractivity contribution in [3.8, 4) is 0 Å². The Balaban J connectivity index is 2.55. The van der Waals surface area contributed by atoms with Crippen molar-refractivity contribution in [2.45, 2.75) is 32.2 Å². The summed E-state index contributed by atoms with van der Waals surface area (Å²) in [5, 5.41) is 11.9. The van der Waals surface area contributed by atoms with Crippen LogP contribution >= 0.6 is 0 Å². The zero-order valence-electron chi connectivity index (χ0n) is 8.81. The van der Waals surface area contributed by atoms with Crippen molar-refractivity contribution in [3.05, 3.63) is 24.4 Å². The summed E-state index contributed by atoms with van der Waals surface area (Å²) in [6.45, 7) is 2.04. The fourth-order valence-electron chi connectivity index (χ4n) is 1.29. The molecule has 0 aliphatic carbocycles. The van der Waals surface area contributed by atoms with Crippen molar-refractivity contribution < 1.29 is 9.90 Å². The lowest BCUT2D eigenvalue weighted by molar-refractivity contribution is -0.138. The number of hydrogen-bond acceptors (Lipinski definition) is 3. The number of carboxylic acids is 1. The highest BCUT2D eigenvalue weighted by Gasteiger charge is 2.16. The maximum Gasteiger partial charge on any atom is 0.326 e. The zero-order chi connectivity index (χ0) is 11.1. The van der Waals surface area contributed by atoms with Gasteiger partial charge < -0.3 is 10.4 Å². The summed E-state index contributed by atoms with van der Waals surface area (Å²) in [6, 6.07) is 4.85. The number of carboxylic acid groups (broad SMARTS) is 1. The van der Waals surface area contributed by atoms with Gasteiger partial charge in [0, 0.05) is 6.20 Å². The first-order valence-corrected chi connectivity index (χ1v) is 5.14. The van der Waals surface area contributed by atoms with Gasteiger partial charge in [-0.3, -0.25) is 0 Å². The Morgan fingerprint density at radius 1 is 1.60 bits per heavy atom. The molecule has 1 aromatic rings. The highest BCUT2D eigenvalue weighted by atomic mass is 16.4. The molecule has 4 nitrogen and oxygen atoms in total. The van der Waals surface area contributed by atoms with Gasteiger partial charge in [-0.1, -0.05) is 25.8 Å². The van der Waals surface area contributed by atoms with Gasteiger partial charge in [0.1, 0.15) is 11.9 Å². The van der Waals surface area contributed by atoms with Gasteiger partial charge in [-0.25, -0.2) is 9.78 Å². The number of aromatic nitrogens is 1. The lowest BCUT2D eigenvalue weighted by atomic mass is 10.1. The molecule has 0 saturated carbocycles. The van der Waals surface area contributed by atoms with E-state index in [-0.39, 0.29) is 0 Å². The number of unbranched alkanes of at least 4 members (excludes halogenated alkanes) is 1. The molecule has 2 N–H and O–H groups in total. The van der Waals surface area contributed by atoms with Gasteiger partial charge in [-0.05, 0) is 18.6 Å². The van der Waals surface area contributed by atoms with Crippen LogP contribution in [0.15, 0.2) is 24.4 Å². The van der Waals surface area contributed by atoms with Crippen LogP contribution in [-0.2, 0) is 4.79 Å². The minimum absolute atomic E-state index is 0.542. The maximum atomic E-state index is 10.9. The van der Waals surface area contributed by atoms with E-state index in [0.29, 0.717) is 12.2 Å². The number of nitrogens with zero attached hydrogens (tertiary/aromatic N) is 1. The quantitative estimate of drug-likeness (QED) is 0.751. The van der Waals surface area contributed by atoms with Crippen LogP contribution in [-0.4, -0.2) is 22.1 Å². The molecule has 0 spiro atoms. The fraction of sp³-hybridized carbons (Fsp3) is 0.455. The molecule has 82 valence electrons. The van der Waals surface area contributed by atoms with Crippen LogP contribution in [0.4, 0.5) is 5.82 Å². The number of aliphatic carboxylic acids is 1. The Morgan fingerprint density at radius 3 is 2.93 bits per heavy atom. The van der Waals surface area contributed by atoms with E-state index >= 15 is 0 Å². The highest BCUT2D eigenvalue weighted by Crippen LogP contribution is 2.08. The minimum atomic E-state index is -0.825. The van der Waals surface area contributed by atoms with E-state index in [0.717, 1.165) is 12.8 Å². The third-order valence-corrected chi connectivity index (χ3v) is 2.13. The molecule has 0 saturated heterocycles. The molecule has 4 heteroatoms. The van der Waals surface area contributed by atoms with E-state index in [4.69, 9.17) is 5.11 Å². The second-order valence-electron chi connectivity index (χ2n) is 3.39. The first-order valence-electron chi connectivity index (χ1n) is 5.14. The number of rotatable bonds is 6. The highest BCUT2D eigenvalue weighted by molar-refractivity contribution is 5.76. The summed E-state index contributed by atoms with van der Waals surface area (Å²) in [5.41, 5.74) is 0. The summed E-state index contributed by atoms with van der Waals surface area (Å²) >= 11 is 0. The monoisotopic (exact) mass is 208 g/mol. The maximum absolute atomic E-state index is 10.9. The number of carbonyl (C=O) groups is 1. The summed E-state index contributed by atoms with van der Waals surface area (Å²) in [7, 11) is 0. The molecule has 0 aliphatic rings. The number of anilines is 1. The molecule has 1 atom stereocenters. The topological polar surface area (TPSA) is 62.2 Å². The first-order chi connectivity index (χ1) is 7.24. The second-order valence-corrected chi connectivity index (χ2v) is 3.39. The number of nitrogens with one attached hydrogen (secondary N) is 1. The van der Waals surface area contributed by atoms with Crippen molar-refractivity contribution >= 4 is 11.8 Å². The van der Waals surface area contributed by atoms with Gasteiger partial charge in [0.05, 0.1) is 0 Å². The van der Waals surface area contributed by atoms with Crippen molar-refractivity contribution in [3.63, 3.8) is 0 Å². The summed E-state index contributed by atoms with van der Waals surface area (Å²) in [4.78, 5) is 15.0. The van der Waals surface area contributed by atoms with Crippen LogP contribution in [0.25, 0.3) is 0 Å². The van der Waals surface area contributed by atoms with E-state index in [9.17, 15) is 4.79 Å². The molecule has 0 amide bonds. The summed E-state index contributed by atoms with van der Waals surface area (Å²) in [5.74, 6) is -0.213. The molecule has 0 bridgehead atoms. The Kier molecular flexibility index (Phi) is 4.60. The predicted molar refractivity (Wildman–Crippen MR) is 58.8 cm³/mol. The molecule has 0 fully saturated rings. The minimum Gasteiger partial charge on any atom is -0.480 e. The molecular formula is C11H16N2O2. The lowest BCUT2D eigenvalue weighted by Crippen LogP contribution is -2.29. The molecule has 1 rings (SSSR count). The second kappa shape index (κ2) is 6.01. The molecule has 15 heavy (non-hydrogen) atoms. The summed E-state index contributed by atoms with van der Waals surface area (Å²) in [6.07, 6.45) is 4.16. The standard InChI is InChI=1S/C11H16N2O2/c1-2-3-6-9(11(14)15)13-10-7-4-5-8-12-10/h4-5,7-9H,2-3,6H2,1H3,(H,12,13)(H,14,15). The zero-order valence-corrected chi connectivity index (χ0v) is 8.81. The van der Waals surface area contributed by atoms with Gasteiger partial charge in [0.2, 0.25) is 0 Å². The third kappa shape index (κ3) is 3.97. The van der Waals surface area contributed by atoms with Gasteiger partial charge >= 0.3 is 5.97 Å². The Bertz CT molecular complexity index is 301. The molecule has 0 aliphatic heterocycles. The van der Waals surface area contributed by atoms with Gasteiger partial charge in [-0.15, -0.1) is 0 Å². The Hall–Kier alpha value is -1.58. The van der Waals surface area contributed by atoms with Crippen LogP contribution in [0.3, 0.4) is 0 Å². The van der Waals surface area contributed by atoms with Crippen LogP contribution in [0.5, 0.6) is 0 Å². The normalized spacial score (nSPS) is 12.1. The van der Waals surface area contributed by atoms with Gasteiger partial charge in [0.25, 0.3) is 0 Å². The van der Waals surface area contributed by atoms with Crippen molar-refractivity contribution in [1.29, 1.82) is 0 Å². The van der Waals surface area contributed by atoms with E-state index in [1.807, 2.05) is 13.0 Å². The van der Waals surface area contributed by atoms with Crippen LogP contribution in [0, 0.1) is 0 Å². The van der Waals surface area contributed by atoms with E-state index < -0.39 is 12.0 Å². The van der Waals surface area contributed by atoms with Crippen LogP contribution in [0.2, 0.25) is 0 Å². The smallest absolute Gasteiger partial charge is 0.326 e. The van der Waals surface area contributed by atoms with Crippen molar-refractivity contribution in [2.24, 2.45) is 0 Å². The molecule has 1 aromatic heterocycles. The van der Waals surface area contributed by atoms with E-state index in [2.05, 4.69) is 10.3 Å².